The maximum absolute atomic E-state index is 12.4. The Labute approximate surface area is 161 Å². The van der Waals surface area contributed by atoms with Crippen molar-refractivity contribution in [1.29, 1.82) is 0 Å². The van der Waals surface area contributed by atoms with Gasteiger partial charge in [0, 0.05) is 50.9 Å². The molecular formula is C22H29N3O2. The number of methoxy groups -OCH3 is 1. The van der Waals surface area contributed by atoms with Gasteiger partial charge in [0.05, 0.1) is 7.11 Å². The highest BCUT2D eigenvalue weighted by Crippen LogP contribution is 2.12. The lowest BCUT2D eigenvalue weighted by Gasteiger charge is -2.36. The third kappa shape index (κ3) is 5.81. The number of amides is 1. The van der Waals surface area contributed by atoms with Crippen molar-refractivity contribution in [3.8, 4) is 5.75 Å². The summed E-state index contributed by atoms with van der Waals surface area (Å²) in [5.41, 5.74) is 2.03. The first-order valence-electron chi connectivity index (χ1n) is 9.57. The molecule has 27 heavy (non-hydrogen) atoms. The topological polar surface area (TPSA) is 44.8 Å². The number of rotatable bonds is 7. The molecule has 2 aromatic rings. The zero-order valence-electron chi connectivity index (χ0n) is 16.2. The number of hydrogen-bond acceptors (Lipinski definition) is 4. The summed E-state index contributed by atoms with van der Waals surface area (Å²) in [5.74, 6) is 0.723. The maximum Gasteiger partial charge on any atom is 0.251 e. The summed E-state index contributed by atoms with van der Waals surface area (Å²) in [6.07, 6.45) is 0. The van der Waals surface area contributed by atoms with Crippen LogP contribution < -0.4 is 10.1 Å². The van der Waals surface area contributed by atoms with Crippen molar-refractivity contribution in [2.45, 2.75) is 19.5 Å². The Kier molecular flexibility index (Phi) is 6.85. The SMILES string of the molecule is COc1ccc(C(=O)N[C@@H](C)CN2CCN(Cc3ccccc3)CC2)cc1. The lowest BCUT2D eigenvalue weighted by molar-refractivity contribution is 0.0901. The van der Waals surface area contributed by atoms with Gasteiger partial charge in [-0.1, -0.05) is 30.3 Å². The van der Waals surface area contributed by atoms with Crippen LogP contribution in [-0.4, -0.2) is 61.6 Å². The highest BCUT2D eigenvalue weighted by atomic mass is 16.5. The van der Waals surface area contributed by atoms with Gasteiger partial charge in [-0.2, -0.15) is 0 Å². The fourth-order valence-corrected chi connectivity index (χ4v) is 3.45. The second-order valence-corrected chi connectivity index (χ2v) is 7.17. The standard InChI is InChI=1S/C22H29N3O2/c1-18(23-22(26)20-8-10-21(27-2)11-9-20)16-24-12-14-25(15-13-24)17-19-6-4-3-5-7-19/h3-11,18H,12-17H2,1-2H3,(H,23,26)/t18-/m0/s1. The average molecular weight is 367 g/mol. The molecule has 0 radical (unpaired) electrons. The van der Waals surface area contributed by atoms with Crippen LogP contribution in [0.4, 0.5) is 0 Å². The van der Waals surface area contributed by atoms with E-state index < -0.39 is 0 Å². The van der Waals surface area contributed by atoms with E-state index in [1.807, 2.05) is 12.1 Å². The molecule has 0 bridgehead atoms. The van der Waals surface area contributed by atoms with E-state index in [-0.39, 0.29) is 11.9 Å². The molecule has 144 valence electrons. The number of carbonyl (C=O) groups excluding carboxylic acids is 1. The Balaban J connectivity index is 1.41. The maximum atomic E-state index is 12.4. The Morgan fingerprint density at radius 1 is 1.00 bits per heavy atom. The first-order valence-corrected chi connectivity index (χ1v) is 9.57. The molecule has 3 rings (SSSR count). The predicted molar refractivity (Wildman–Crippen MR) is 108 cm³/mol. The van der Waals surface area contributed by atoms with Crippen molar-refractivity contribution < 1.29 is 9.53 Å². The smallest absolute Gasteiger partial charge is 0.251 e. The van der Waals surface area contributed by atoms with E-state index in [1.54, 1.807) is 19.2 Å². The van der Waals surface area contributed by atoms with Crippen molar-refractivity contribution in [2.75, 3.05) is 39.8 Å². The summed E-state index contributed by atoms with van der Waals surface area (Å²) in [6.45, 7) is 8.16. The van der Waals surface area contributed by atoms with Crippen LogP contribution in [-0.2, 0) is 6.54 Å². The highest BCUT2D eigenvalue weighted by Gasteiger charge is 2.19. The Bertz CT molecular complexity index is 710. The summed E-state index contributed by atoms with van der Waals surface area (Å²) < 4.78 is 5.13. The van der Waals surface area contributed by atoms with Gasteiger partial charge in [0.25, 0.3) is 5.91 Å². The van der Waals surface area contributed by atoms with Crippen LogP contribution >= 0.6 is 0 Å². The van der Waals surface area contributed by atoms with Gasteiger partial charge in [0.2, 0.25) is 0 Å². The molecule has 1 amide bonds. The van der Waals surface area contributed by atoms with Gasteiger partial charge in [0.15, 0.2) is 0 Å². The monoisotopic (exact) mass is 367 g/mol. The number of hydrogen-bond donors (Lipinski definition) is 1. The summed E-state index contributed by atoms with van der Waals surface area (Å²) in [5, 5.41) is 3.10. The predicted octanol–water partition coefficient (Wildman–Crippen LogP) is 2.63. The number of carbonyl (C=O) groups is 1. The van der Waals surface area contributed by atoms with Crippen LogP contribution in [0.3, 0.4) is 0 Å². The molecule has 1 atom stereocenters. The van der Waals surface area contributed by atoms with Gasteiger partial charge in [-0.3, -0.25) is 14.6 Å². The summed E-state index contributed by atoms with van der Waals surface area (Å²) in [6, 6.07) is 17.9. The minimum atomic E-state index is -0.0344. The van der Waals surface area contributed by atoms with E-state index in [1.165, 1.54) is 5.56 Å². The number of ether oxygens (including phenoxy) is 1. The van der Waals surface area contributed by atoms with E-state index in [0.29, 0.717) is 5.56 Å². The fraction of sp³-hybridized carbons (Fsp3) is 0.409. The zero-order valence-corrected chi connectivity index (χ0v) is 16.2. The van der Waals surface area contributed by atoms with Gasteiger partial charge in [0.1, 0.15) is 5.75 Å². The molecule has 1 aliphatic rings. The van der Waals surface area contributed by atoms with Crippen molar-refractivity contribution in [2.24, 2.45) is 0 Å². The zero-order chi connectivity index (χ0) is 19.1. The van der Waals surface area contributed by atoms with Crippen molar-refractivity contribution >= 4 is 5.91 Å². The molecule has 0 unspecified atom stereocenters. The van der Waals surface area contributed by atoms with E-state index in [2.05, 4.69) is 52.4 Å². The summed E-state index contributed by atoms with van der Waals surface area (Å²) in [4.78, 5) is 17.3. The average Bonchev–Trinajstić information content (AvgIpc) is 2.70. The van der Waals surface area contributed by atoms with Crippen LogP contribution in [0, 0.1) is 0 Å². The minimum absolute atomic E-state index is 0.0344. The van der Waals surface area contributed by atoms with Crippen molar-refractivity contribution in [3.05, 3.63) is 65.7 Å². The largest absolute Gasteiger partial charge is 0.497 e. The van der Waals surface area contributed by atoms with Gasteiger partial charge >= 0.3 is 0 Å². The summed E-state index contributed by atoms with van der Waals surface area (Å²) >= 11 is 0. The molecule has 1 heterocycles. The first kappa shape index (κ1) is 19.4. The quantitative estimate of drug-likeness (QED) is 0.817. The number of piperazine rings is 1. The molecule has 0 spiro atoms. The Morgan fingerprint density at radius 2 is 1.63 bits per heavy atom. The van der Waals surface area contributed by atoms with Crippen molar-refractivity contribution in [1.82, 2.24) is 15.1 Å². The van der Waals surface area contributed by atoms with Crippen LogP contribution in [0.15, 0.2) is 54.6 Å². The molecule has 2 aromatic carbocycles. The van der Waals surface area contributed by atoms with Crippen LogP contribution in [0.1, 0.15) is 22.8 Å². The number of nitrogens with zero attached hydrogens (tertiary/aromatic N) is 2. The normalized spacial score (nSPS) is 16.7. The molecule has 0 aromatic heterocycles. The van der Waals surface area contributed by atoms with Gasteiger partial charge in [-0.05, 0) is 36.8 Å². The molecule has 5 nitrogen and oxygen atoms in total. The molecule has 1 N–H and O–H groups in total. The summed E-state index contributed by atoms with van der Waals surface area (Å²) in [7, 11) is 1.62. The fourth-order valence-electron chi connectivity index (χ4n) is 3.45. The Hall–Kier alpha value is -2.37. The van der Waals surface area contributed by atoms with Crippen LogP contribution in [0.2, 0.25) is 0 Å². The van der Waals surface area contributed by atoms with E-state index >= 15 is 0 Å². The molecule has 1 saturated heterocycles. The lowest BCUT2D eigenvalue weighted by Crippen LogP contribution is -2.50. The van der Waals surface area contributed by atoms with E-state index in [0.717, 1.165) is 45.0 Å². The highest BCUT2D eigenvalue weighted by molar-refractivity contribution is 5.94. The second-order valence-electron chi connectivity index (χ2n) is 7.17. The molecule has 5 heteroatoms. The number of nitrogens with one attached hydrogen (secondary N) is 1. The van der Waals surface area contributed by atoms with E-state index in [9.17, 15) is 4.79 Å². The molecular weight excluding hydrogens is 338 g/mol. The van der Waals surface area contributed by atoms with Gasteiger partial charge in [-0.25, -0.2) is 0 Å². The van der Waals surface area contributed by atoms with E-state index in [4.69, 9.17) is 4.74 Å². The second kappa shape index (κ2) is 9.53. The van der Waals surface area contributed by atoms with Gasteiger partial charge in [-0.15, -0.1) is 0 Å². The van der Waals surface area contributed by atoms with Gasteiger partial charge < -0.3 is 10.1 Å². The number of benzene rings is 2. The van der Waals surface area contributed by atoms with Crippen molar-refractivity contribution in [3.63, 3.8) is 0 Å². The lowest BCUT2D eigenvalue weighted by atomic mass is 10.1. The third-order valence-electron chi connectivity index (χ3n) is 4.98. The molecule has 1 aliphatic heterocycles. The van der Waals surface area contributed by atoms with Crippen LogP contribution in [0.5, 0.6) is 5.75 Å². The Morgan fingerprint density at radius 3 is 2.26 bits per heavy atom. The molecule has 0 saturated carbocycles. The molecule has 0 aliphatic carbocycles. The third-order valence-corrected chi connectivity index (χ3v) is 4.98. The first-order chi connectivity index (χ1) is 13.1. The van der Waals surface area contributed by atoms with Crippen LogP contribution in [0.25, 0.3) is 0 Å². The molecule has 1 fully saturated rings. The minimum Gasteiger partial charge on any atom is -0.497 e.